The monoisotopic (exact) mass is 649 g/mol. The molecule has 10 heteroatoms. The minimum absolute atomic E-state index is 0. The zero-order chi connectivity index (χ0) is 0. The first-order valence-corrected chi connectivity index (χ1v) is 0. The van der Waals surface area contributed by atoms with Crippen LogP contribution in [-0.2, 0) is 40.2 Å². The summed E-state index contributed by atoms with van der Waals surface area (Å²) in [6, 6.07) is 0. The van der Waals surface area contributed by atoms with Crippen LogP contribution in [0.1, 0.15) is 0 Å². The number of hydrogen-bond acceptors (Lipinski definition) is 0. The molecule has 0 aromatic carbocycles. The normalized spacial score (nSPS) is 0. The van der Waals surface area contributed by atoms with E-state index < -0.39 is 0 Å². The predicted octanol–water partition coefficient (Wildman–Crippen LogP) is -21.8. The molecule has 0 rings (SSSR count). The third-order valence-corrected chi connectivity index (χ3v) is 0. The molecule has 2 N–H and O–H groups in total. The van der Waals surface area contributed by atoms with Crippen molar-refractivity contribution >= 4 is 0 Å². The molecule has 1 nitrogen and oxygen atoms in total. The maximum absolute atomic E-state index is 0. The molecule has 0 aliphatic rings. The summed E-state index contributed by atoms with van der Waals surface area (Å²) < 4.78 is 0. The SMILES string of the molecule is O.[Cl-].[Cl-].[Cl-].[Cl-].[Cl-].[Cl-].[Cl-].[Ir+3].[Ir]. The number of rotatable bonds is 0. The van der Waals surface area contributed by atoms with Crippen LogP contribution in [0.2, 0.25) is 0 Å². The van der Waals surface area contributed by atoms with Gasteiger partial charge in [-0.25, -0.2) is 0 Å². The van der Waals surface area contributed by atoms with Crippen molar-refractivity contribution in [1.82, 2.24) is 0 Å². The van der Waals surface area contributed by atoms with Crippen molar-refractivity contribution in [3.63, 3.8) is 0 Å². The third kappa shape index (κ3) is 110. The second-order valence-corrected chi connectivity index (χ2v) is 0. The average Bonchev–Trinajstić information content (AvgIpc) is 0. The summed E-state index contributed by atoms with van der Waals surface area (Å²) in [5, 5.41) is 0. The van der Waals surface area contributed by atoms with Gasteiger partial charge in [0.15, 0.2) is 0 Å². The molecule has 0 atom stereocenters. The standard InChI is InChI=1S/7ClH.2Ir.H2O/h7*1H;;;1H2/q;;;;;;;;+3;/p-7. The Bertz CT molecular complexity index is 11.6. The van der Waals surface area contributed by atoms with Gasteiger partial charge < -0.3 is 92.3 Å². The first-order chi connectivity index (χ1) is 0. The molecule has 1 radical (unpaired) electrons. The third-order valence-electron chi connectivity index (χ3n) is 0. The molecule has 0 bridgehead atoms. The van der Waals surface area contributed by atoms with Gasteiger partial charge in [-0.05, 0) is 0 Å². The molecular weight excluding hydrogens is 649 g/mol. The Morgan fingerprint density at radius 1 is 0.400 bits per heavy atom. The van der Waals surface area contributed by atoms with Crippen LogP contribution in [0.5, 0.6) is 0 Å². The van der Waals surface area contributed by atoms with E-state index in [2.05, 4.69) is 0 Å². The first-order valence-electron chi connectivity index (χ1n) is 0. The molecule has 0 heterocycles. The fourth-order valence-electron chi connectivity index (χ4n) is 0. The molecule has 79 valence electrons. The summed E-state index contributed by atoms with van der Waals surface area (Å²) in [4.78, 5) is 0. The minimum atomic E-state index is 0. The molecule has 0 unspecified atom stereocenters. The van der Waals surface area contributed by atoms with E-state index in [-0.39, 0.29) is 133 Å². The fraction of sp³-hybridized carbons (Fsp3) is 0. The Hall–Kier alpha value is 3.29. The molecule has 0 aliphatic carbocycles. The molecule has 0 fully saturated rings. The average molecular weight is 651 g/mol. The maximum Gasteiger partial charge on any atom is 3.00 e. The van der Waals surface area contributed by atoms with E-state index in [0.29, 0.717) is 0 Å². The van der Waals surface area contributed by atoms with Gasteiger partial charge in [0.05, 0.1) is 0 Å². The van der Waals surface area contributed by atoms with Gasteiger partial charge in [0.2, 0.25) is 0 Å². The van der Waals surface area contributed by atoms with Gasteiger partial charge >= 0.3 is 20.1 Å². The molecule has 0 amide bonds. The van der Waals surface area contributed by atoms with E-state index in [0.717, 1.165) is 0 Å². The van der Waals surface area contributed by atoms with Crippen molar-refractivity contribution in [3.05, 3.63) is 0 Å². The minimum Gasteiger partial charge on any atom is -1.00 e. The van der Waals surface area contributed by atoms with Crippen LogP contribution in [0, 0.1) is 0 Å². The Labute approximate surface area is 131 Å². The fourth-order valence-corrected chi connectivity index (χ4v) is 0. The first kappa shape index (κ1) is 186. The Morgan fingerprint density at radius 2 is 0.400 bits per heavy atom. The van der Waals surface area contributed by atoms with Gasteiger partial charge in [-0.1, -0.05) is 0 Å². The summed E-state index contributed by atoms with van der Waals surface area (Å²) >= 11 is 0. The van der Waals surface area contributed by atoms with E-state index in [4.69, 9.17) is 0 Å². The maximum atomic E-state index is 0. The number of hydrogen-bond donors (Lipinski definition) is 0. The Morgan fingerprint density at radius 3 is 0.400 bits per heavy atom. The molecule has 0 aliphatic heterocycles. The summed E-state index contributed by atoms with van der Waals surface area (Å²) in [5.41, 5.74) is 0. The van der Waals surface area contributed by atoms with E-state index in [1.807, 2.05) is 0 Å². The van der Waals surface area contributed by atoms with Crippen LogP contribution in [0.25, 0.3) is 0 Å². The van der Waals surface area contributed by atoms with E-state index in [1.54, 1.807) is 0 Å². The van der Waals surface area contributed by atoms with Gasteiger partial charge in [-0.15, -0.1) is 0 Å². The Balaban J connectivity index is 0. The zero-order valence-corrected chi connectivity index (χ0v) is 13.9. The van der Waals surface area contributed by atoms with Crippen LogP contribution in [0.3, 0.4) is 0 Å². The van der Waals surface area contributed by atoms with Crippen molar-refractivity contribution in [1.29, 1.82) is 0 Å². The molecule has 0 saturated carbocycles. The summed E-state index contributed by atoms with van der Waals surface area (Å²) in [6.45, 7) is 0. The van der Waals surface area contributed by atoms with Crippen LogP contribution >= 0.6 is 0 Å². The molecule has 0 aromatic heterocycles. The van der Waals surface area contributed by atoms with Crippen LogP contribution in [0.15, 0.2) is 0 Å². The van der Waals surface area contributed by atoms with Crippen molar-refractivity contribution in [3.8, 4) is 0 Å². The molecular formula is H2Cl7Ir2O-4. The predicted molar refractivity (Wildman–Crippen MR) is 3.61 cm³/mol. The van der Waals surface area contributed by atoms with Gasteiger partial charge in [-0.2, -0.15) is 0 Å². The van der Waals surface area contributed by atoms with Gasteiger partial charge in [0.1, 0.15) is 0 Å². The smallest absolute Gasteiger partial charge is 1.00 e. The van der Waals surface area contributed by atoms with Crippen molar-refractivity contribution in [2.24, 2.45) is 0 Å². The van der Waals surface area contributed by atoms with Crippen LogP contribution in [-0.4, -0.2) is 5.48 Å². The molecule has 0 aromatic rings. The van der Waals surface area contributed by atoms with Crippen molar-refractivity contribution < 1.29 is 133 Å². The van der Waals surface area contributed by atoms with Crippen molar-refractivity contribution in [2.75, 3.05) is 0 Å². The zero-order valence-electron chi connectivity index (χ0n) is 3.81. The van der Waals surface area contributed by atoms with Gasteiger partial charge in [0, 0.05) is 20.1 Å². The summed E-state index contributed by atoms with van der Waals surface area (Å²) in [6.07, 6.45) is 0. The Kier molecular flexibility index (Phi) is 2690. The van der Waals surface area contributed by atoms with E-state index in [9.17, 15) is 0 Å². The molecule has 10 heavy (non-hydrogen) atoms. The largest absolute Gasteiger partial charge is 3.00 e. The van der Waals surface area contributed by atoms with Gasteiger partial charge in [-0.3, -0.25) is 0 Å². The van der Waals surface area contributed by atoms with Crippen molar-refractivity contribution in [2.45, 2.75) is 0 Å². The van der Waals surface area contributed by atoms with Crippen LogP contribution < -0.4 is 86.8 Å². The van der Waals surface area contributed by atoms with Crippen LogP contribution in [0.4, 0.5) is 0 Å². The topological polar surface area (TPSA) is 31.5 Å². The number of halogens is 7. The molecule has 0 spiro atoms. The van der Waals surface area contributed by atoms with E-state index in [1.165, 1.54) is 0 Å². The summed E-state index contributed by atoms with van der Waals surface area (Å²) in [5.74, 6) is 0. The summed E-state index contributed by atoms with van der Waals surface area (Å²) in [7, 11) is 0. The van der Waals surface area contributed by atoms with Gasteiger partial charge in [0.25, 0.3) is 0 Å². The quantitative estimate of drug-likeness (QED) is 0.250. The van der Waals surface area contributed by atoms with E-state index >= 15 is 0 Å². The molecule has 0 saturated heterocycles. The second-order valence-electron chi connectivity index (χ2n) is 0. The second kappa shape index (κ2) is 145.